The van der Waals surface area contributed by atoms with Gasteiger partial charge in [0.15, 0.2) is 6.10 Å². The molecule has 59 heavy (non-hydrogen) atoms. The zero-order valence-corrected chi connectivity index (χ0v) is 40.4. The number of rotatable bonds is 47. The maximum absolute atomic E-state index is 12.8. The van der Waals surface area contributed by atoms with Gasteiger partial charge in [-0.2, -0.15) is 0 Å². The third-order valence-corrected chi connectivity index (χ3v) is 12.3. The molecule has 2 atom stereocenters. The van der Waals surface area contributed by atoms with Crippen molar-refractivity contribution in [3.63, 3.8) is 0 Å². The summed E-state index contributed by atoms with van der Waals surface area (Å²) in [4.78, 5) is 37.9. The van der Waals surface area contributed by atoms with Crippen LogP contribution in [0.4, 0.5) is 0 Å². The smallest absolute Gasteiger partial charge is 0.306 e. The van der Waals surface area contributed by atoms with Crippen LogP contribution in [0.25, 0.3) is 0 Å². The molecule has 0 aliphatic carbocycles. The molecule has 0 spiro atoms. The van der Waals surface area contributed by atoms with Gasteiger partial charge in [-0.1, -0.05) is 253 Å². The predicted octanol–water partition coefficient (Wildman–Crippen LogP) is 16.9. The number of unbranched alkanes of at least 4 members (excludes halogenated alkanes) is 31. The molecule has 0 aliphatic heterocycles. The van der Waals surface area contributed by atoms with Gasteiger partial charge < -0.3 is 14.2 Å². The highest BCUT2D eigenvalue weighted by Crippen LogP contribution is 2.18. The summed E-state index contributed by atoms with van der Waals surface area (Å²) in [6, 6.07) is 0. The molecule has 0 fully saturated rings. The lowest BCUT2D eigenvalue weighted by Gasteiger charge is -2.18. The molecule has 0 aromatic heterocycles. The third kappa shape index (κ3) is 45.8. The monoisotopic (exact) mass is 835 g/mol. The fourth-order valence-electron chi connectivity index (χ4n) is 7.96. The van der Waals surface area contributed by atoms with Crippen molar-refractivity contribution < 1.29 is 28.6 Å². The fourth-order valence-corrected chi connectivity index (χ4v) is 7.96. The maximum Gasteiger partial charge on any atom is 0.306 e. The summed E-state index contributed by atoms with van der Waals surface area (Å²) in [5, 5.41) is 0. The van der Waals surface area contributed by atoms with Crippen LogP contribution in [0.1, 0.15) is 291 Å². The Labute approximate surface area is 368 Å². The third-order valence-electron chi connectivity index (χ3n) is 12.3. The first-order valence-electron chi connectivity index (χ1n) is 26.3. The lowest BCUT2D eigenvalue weighted by molar-refractivity contribution is -0.167. The van der Waals surface area contributed by atoms with Crippen molar-refractivity contribution in [3.8, 4) is 0 Å². The first-order valence-corrected chi connectivity index (χ1v) is 26.3. The highest BCUT2D eigenvalue weighted by atomic mass is 16.6. The van der Waals surface area contributed by atoms with Crippen LogP contribution < -0.4 is 0 Å². The Bertz CT molecular complexity index is 902. The summed E-state index contributed by atoms with van der Waals surface area (Å²) in [6.45, 7) is 11.4. The van der Waals surface area contributed by atoms with Crippen LogP contribution >= 0.6 is 0 Å². The Hall–Kier alpha value is -1.59. The minimum Gasteiger partial charge on any atom is -0.462 e. The Morgan fingerprint density at radius 1 is 0.356 bits per heavy atom. The topological polar surface area (TPSA) is 78.9 Å². The van der Waals surface area contributed by atoms with Gasteiger partial charge in [-0.15, -0.1) is 0 Å². The second-order valence-electron chi connectivity index (χ2n) is 18.9. The lowest BCUT2D eigenvalue weighted by atomic mass is 9.99. The second-order valence-corrected chi connectivity index (χ2v) is 18.9. The summed E-state index contributed by atoms with van der Waals surface area (Å²) >= 11 is 0. The number of hydrogen-bond donors (Lipinski definition) is 0. The Kier molecular flexibility index (Phi) is 44.7. The minimum atomic E-state index is -0.761. The summed E-state index contributed by atoms with van der Waals surface area (Å²) in [6.07, 6.45) is 46.6. The second kappa shape index (κ2) is 45.9. The van der Waals surface area contributed by atoms with Gasteiger partial charge in [0.05, 0.1) is 0 Å². The first-order chi connectivity index (χ1) is 28.8. The highest BCUT2D eigenvalue weighted by molar-refractivity contribution is 5.71. The highest BCUT2D eigenvalue weighted by Gasteiger charge is 2.19. The van der Waals surface area contributed by atoms with E-state index >= 15 is 0 Å². The van der Waals surface area contributed by atoms with Gasteiger partial charge in [0, 0.05) is 19.3 Å². The molecule has 0 aromatic carbocycles. The van der Waals surface area contributed by atoms with E-state index in [2.05, 4.69) is 34.6 Å². The number of esters is 3. The minimum absolute atomic E-state index is 0.0636. The van der Waals surface area contributed by atoms with Gasteiger partial charge in [-0.05, 0) is 31.1 Å². The molecular weight excluding hydrogens is 733 g/mol. The van der Waals surface area contributed by atoms with Crippen molar-refractivity contribution in [3.05, 3.63) is 0 Å². The van der Waals surface area contributed by atoms with E-state index in [1.54, 1.807) is 0 Å². The summed E-state index contributed by atoms with van der Waals surface area (Å²) in [7, 11) is 0. The van der Waals surface area contributed by atoms with Crippen LogP contribution in [0.5, 0.6) is 0 Å². The molecule has 0 radical (unpaired) electrons. The SMILES string of the molecule is CCCCCCCCCCCC(=O)OC[C@H](COC(=O)CCCCCCCCCCCCCCCCC(C)CC)OC(=O)CCCCCCCCCCCCCC(C)C. The number of carbonyl (C=O) groups excluding carboxylic acids is 3. The molecule has 0 N–H and O–H groups in total. The normalized spacial score (nSPS) is 12.5. The van der Waals surface area contributed by atoms with Gasteiger partial charge >= 0.3 is 17.9 Å². The van der Waals surface area contributed by atoms with E-state index in [9.17, 15) is 14.4 Å². The maximum atomic E-state index is 12.8. The molecule has 350 valence electrons. The number of ether oxygens (including phenoxy) is 3. The Balaban J connectivity index is 4.25. The van der Waals surface area contributed by atoms with Gasteiger partial charge in [0.1, 0.15) is 13.2 Å². The summed E-state index contributed by atoms with van der Waals surface area (Å²) in [5.74, 6) is 0.871. The molecule has 6 nitrogen and oxygen atoms in total. The van der Waals surface area contributed by atoms with Crippen LogP contribution in [0.2, 0.25) is 0 Å². The van der Waals surface area contributed by atoms with E-state index in [-0.39, 0.29) is 31.1 Å². The zero-order chi connectivity index (χ0) is 43.3. The average Bonchev–Trinajstić information content (AvgIpc) is 3.22. The molecule has 1 unspecified atom stereocenters. The van der Waals surface area contributed by atoms with E-state index in [4.69, 9.17) is 14.2 Å². The van der Waals surface area contributed by atoms with Crippen molar-refractivity contribution in [1.82, 2.24) is 0 Å². The van der Waals surface area contributed by atoms with Gasteiger partial charge in [0.2, 0.25) is 0 Å². The van der Waals surface area contributed by atoms with E-state index < -0.39 is 6.10 Å². The van der Waals surface area contributed by atoms with E-state index in [0.717, 1.165) is 69.6 Å². The number of hydrogen-bond acceptors (Lipinski definition) is 6. The quantitative estimate of drug-likeness (QED) is 0.0345. The van der Waals surface area contributed by atoms with Crippen LogP contribution in [-0.4, -0.2) is 37.2 Å². The van der Waals surface area contributed by atoms with E-state index in [0.29, 0.717) is 19.3 Å². The summed E-state index contributed by atoms with van der Waals surface area (Å²) < 4.78 is 16.8. The van der Waals surface area contributed by atoms with Crippen molar-refractivity contribution in [2.75, 3.05) is 13.2 Å². The van der Waals surface area contributed by atoms with Gasteiger partial charge in [0.25, 0.3) is 0 Å². The fraction of sp³-hybridized carbons (Fsp3) is 0.943. The average molecular weight is 835 g/mol. The Morgan fingerprint density at radius 3 is 0.966 bits per heavy atom. The molecule has 6 heteroatoms. The largest absolute Gasteiger partial charge is 0.462 e. The molecule has 0 aliphatic rings. The molecule has 0 rings (SSSR count). The molecule has 0 heterocycles. The molecule has 0 amide bonds. The summed E-state index contributed by atoms with van der Waals surface area (Å²) in [5.41, 5.74) is 0. The predicted molar refractivity (Wildman–Crippen MR) is 252 cm³/mol. The zero-order valence-electron chi connectivity index (χ0n) is 40.4. The molecule has 0 saturated carbocycles. The van der Waals surface area contributed by atoms with Crippen LogP contribution in [0.3, 0.4) is 0 Å². The molecular formula is C53H102O6. The van der Waals surface area contributed by atoms with E-state index in [1.807, 2.05) is 0 Å². The molecule has 0 aromatic rings. The molecule has 0 bridgehead atoms. The van der Waals surface area contributed by atoms with Gasteiger partial charge in [-0.25, -0.2) is 0 Å². The first kappa shape index (κ1) is 57.4. The van der Waals surface area contributed by atoms with Gasteiger partial charge in [-0.3, -0.25) is 14.4 Å². The van der Waals surface area contributed by atoms with Crippen molar-refractivity contribution in [2.45, 2.75) is 298 Å². The van der Waals surface area contributed by atoms with E-state index in [1.165, 1.54) is 180 Å². The van der Waals surface area contributed by atoms with Crippen molar-refractivity contribution in [2.24, 2.45) is 11.8 Å². The lowest BCUT2D eigenvalue weighted by Crippen LogP contribution is -2.30. The van der Waals surface area contributed by atoms with Crippen LogP contribution in [-0.2, 0) is 28.6 Å². The Morgan fingerprint density at radius 2 is 0.644 bits per heavy atom. The van der Waals surface area contributed by atoms with Crippen LogP contribution in [0, 0.1) is 11.8 Å². The van der Waals surface area contributed by atoms with Crippen molar-refractivity contribution >= 4 is 17.9 Å². The number of carbonyl (C=O) groups is 3. The van der Waals surface area contributed by atoms with Crippen LogP contribution in [0.15, 0.2) is 0 Å². The standard InChI is InChI=1S/C53H102O6/c1-6-8-9-10-11-21-28-33-38-43-51(54)57-46-50(59-53(56)45-40-35-30-25-20-16-17-22-26-31-36-41-48(3)4)47-58-52(55)44-39-34-29-24-19-15-13-12-14-18-23-27-32-37-42-49(5)7-2/h48-50H,6-47H2,1-5H3/t49?,50-/m1/s1. The van der Waals surface area contributed by atoms with Crippen molar-refractivity contribution in [1.29, 1.82) is 0 Å². The molecule has 0 saturated heterocycles.